The lowest BCUT2D eigenvalue weighted by Gasteiger charge is -2.43. The first-order chi connectivity index (χ1) is 24.5. The smallest absolute Gasteiger partial charge is 0.315 e. The van der Waals surface area contributed by atoms with E-state index < -0.39 is 40.4 Å². The van der Waals surface area contributed by atoms with Crippen molar-refractivity contribution >= 4 is 35.3 Å². The predicted molar refractivity (Wildman–Crippen MR) is 198 cm³/mol. The molecule has 5 aliphatic carbocycles. The maximum Gasteiger partial charge on any atom is 0.315 e. The van der Waals surface area contributed by atoms with Gasteiger partial charge < -0.3 is 26.6 Å². The van der Waals surface area contributed by atoms with Gasteiger partial charge in [-0.2, -0.15) is 0 Å². The van der Waals surface area contributed by atoms with Crippen molar-refractivity contribution in [3.63, 3.8) is 0 Å². The summed E-state index contributed by atoms with van der Waals surface area (Å²) in [5.74, 6) is -1.05. The van der Waals surface area contributed by atoms with Crippen molar-refractivity contribution < 1.29 is 28.8 Å². The van der Waals surface area contributed by atoms with Crippen molar-refractivity contribution in [3.05, 3.63) is 0 Å². The van der Waals surface area contributed by atoms with Crippen LogP contribution in [0.15, 0.2) is 0 Å². The third kappa shape index (κ3) is 7.53. The molecule has 6 rings (SSSR count). The maximum absolute atomic E-state index is 15.0. The minimum Gasteiger partial charge on any atom is -0.370 e. The first kappa shape index (κ1) is 38.7. The Labute approximate surface area is 310 Å². The maximum atomic E-state index is 15.0. The van der Waals surface area contributed by atoms with Gasteiger partial charge in [0.25, 0.3) is 0 Å². The van der Waals surface area contributed by atoms with Crippen LogP contribution in [0.3, 0.4) is 0 Å². The van der Waals surface area contributed by atoms with Gasteiger partial charge in [0.05, 0.1) is 0 Å². The van der Waals surface area contributed by atoms with E-state index in [0.717, 1.165) is 83.5 Å². The van der Waals surface area contributed by atoms with Crippen LogP contribution in [0.5, 0.6) is 0 Å². The fraction of sp³-hybridized carbons (Fsp3) is 0.854. The number of hydrogen-bond donors (Lipinski definition) is 4. The van der Waals surface area contributed by atoms with E-state index in [0.29, 0.717) is 31.7 Å². The minimum absolute atomic E-state index is 0.00887. The van der Waals surface area contributed by atoms with Crippen molar-refractivity contribution in [1.82, 2.24) is 20.9 Å². The van der Waals surface area contributed by atoms with Crippen LogP contribution in [0.25, 0.3) is 0 Å². The number of nitrogens with zero attached hydrogens (tertiary/aromatic N) is 1. The van der Waals surface area contributed by atoms with E-state index in [9.17, 15) is 24.0 Å². The molecule has 5 amide bonds. The molecule has 5 atom stereocenters. The van der Waals surface area contributed by atoms with Gasteiger partial charge in [-0.1, -0.05) is 92.4 Å². The van der Waals surface area contributed by atoms with Crippen LogP contribution in [-0.4, -0.2) is 70.4 Å². The van der Waals surface area contributed by atoms with Crippen molar-refractivity contribution in [1.29, 1.82) is 0 Å². The van der Waals surface area contributed by atoms with Gasteiger partial charge in [0, 0.05) is 24.5 Å². The van der Waals surface area contributed by atoms with E-state index >= 15 is 4.79 Å². The number of nitrogens with one attached hydrogen (secondary N) is 3. The number of hydrogen-bond acceptors (Lipinski definition) is 6. The van der Waals surface area contributed by atoms with Crippen LogP contribution < -0.4 is 21.7 Å². The van der Waals surface area contributed by atoms with Gasteiger partial charge in [0.15, 0.2) is 0 Å². The van der Waals surface area contributed by atoms with E-state index in [1.807, 2.05) is 20.8 Å². The Balaban J connectivity index is 1.25. The summed E-state index contributed by atoms with van der Waals surface area (Å²) in [6, 6.07) is -2.31. The van der Waals surface area contributed by atoms with E-state index in [1.54, 1.807) is 4.90 Å². The Kier molecular flexibility index (Phi) is 10.9. The minimum atomic E-state index is -1.11. The quantitative estimate of drug-likeness (QED) is 0.157. The molecular formula is C41H65N5O6. The predicted octanol–water partition coefficient (Wildman–Crippen LogP) is 5.33. The molecule has 0 spiro atoms. The third-order valence-electron chi connectivity index (χ3n) is 14.6. The fourth-order valence-electron chi connectivity index (χ4n) is 11.1. The second kappa shape index (κ2) is 14.7. The molecule has 1 saturated heterocycles. The first-order valence-corrected chi connectivity index (χ1v) is 20.6. The average Bonchev–Trinajstić information content (AvgIpc) is 3.33. The van der Waals surface area contributed by atoms with Gasteiger partial charge in [0.2, 0.25) is 29.3 Å². The Morgan fingerprint density at radius 2 is 1.48 bits per heavy atom. The fourth-order valence-corrected chi connectivity index (χ4v) is 11.1. The van der Waals surface area contributed by atoms with Gasteiger partial charge in [-0.3, -0.25) is 24.0 Å². The monoisotopic (exact) mass is 723 g/mol. The summed E-state index contributed by atoms with van der Waals surface area (Å²) in [6.07, 6.45) is 14.9. The summed E-state index contributed by atoms with van der Waals surface area (Å²) < 4.78 is 0. The normalized spacial score (nSPS) is 29.4. The van der Waals surface area contributed by atoms with Crippen molar-refractivity contribution in [2.24, 2.45) is 45.7 Å². The molecule has 6 fully saturated rings. The van der Waals surface area contributed by atoms with Crippen LogP contribution in [0, 0.1) is 39.9 Å². The summed E-state index contributed by atoms with van der Waals surface area (Å²) in [5.41, 5.74) is 3.18. The highest BCUT2D eigenvalue weighted by molar-refractivity contribution is 6.63. The molecule has 0 radical (unpaired) electrons. The summed E-state index contributed by atoms with van der Waals surface area (Å²) in [6.45, 7) is 10.7. The van der Waals surface area contributed by atoms with Gasteiger partial charge >= 0.3 is 6.03 Å². The second-order valence-electron chi connectivity index (χ2n) is 19.4. The number of rotatable bonds is 12. The third-order valence-corrected chi connectivity index (χ3v) is 14.6. The summed E-state index contributed by atoms with van der Waals surface area (Å²) in [4.78, 5) is 83.3. The number of Topliss-reactive ketones (excluding diaryl/α,β-unsaturated/α-hetero) is 2. The van der Waals surface area contributed by atoms with E-state index in [1.165, 1.54) is 0 Å². The van der Waals surface area contributed by atoms with Crippen LogP contribution in [0.4, 0.5) is 4.79 Å². The molecule has 0 aromatic carbocycles. The van der Waals surface area contributed by atoms with E-state index in [-0.39, 0.29) is 65.4 Å². The lowest BCUT2D eigenvalue weighted by Crippen LogP contribution is -2.62. The zero-order chi connectivity index (χ0) is 37.6. The van der Waals surface area contributed by atoms with Gasteiger partial charge in [-0.25, -0.2) is 4.79 Å². The number of urea groups is 1. The van der Waals surface area contributed by atoms with Crippen LogP contribution in [-0.2, 0) is 24.0 Å². The molecule has 1 aliphatic heterocycles. The standard InChI is InChI=1S/C41H65N5O6/c1-38(2,3)41(33(48)34(41)49)24-40(18-10-7-11-19-40)45-37(52)44-31(26-15-8-6-9-16-26)36(51)46-23-29-28(17-20-39(29,4)5)32(46)35(50)43-27(22-30(42)47)21-25-13-12-14-25/h25-29,31-32H,6-24H2,1-5H3,(H2,42,47)(H,43,50)(H2,44,45,52)/t27?,28-,29-,31-,32-/m0/s1. The van der Waals surface area contributed by atoms with Crippen molar-refractivity contribution in [2.45, 2.75) is 174 Å². The van der Waals surface area contributed by atoms with E-state index in [2.05, 4.69) is 29.8 Å². The molecule has 1 heterocycles. The van der Waals surface area contributed by atoms with Crippen LogP contribution in [0.2, 0.25) is 0 Å². The number of likely N-dealkylation sites (tertiary alicyclic amines) is 1. The Hall–Kier alpha value is -2.98. The van der Waals surface area contributed by atoms with Gasteiger partial charge in [0.1, 0.15) is 17.5 Å². The topological polar surface area (TPSA) is 168 Å². The number of ketones is 2. The first-order valence-electron chi connectivity index (χ1n) is 20.6. The summed E-state index contributed by atoms with van der Waals surface area (Å²) in [5, 5.41) is 9.61. The number of carbonyl (C=O) groups excluding carboxylic acids is 6. The highest BCUT2D eigenvalue weighted by Crippen LogP contribution is 2.58. The molecule has 11 heteroatoms. The average molecular weight is 724 g/mol. The van der Waals surface area contributed by atoms with Crippen LogP contribution in [0.1, 0.15) is 150 Å². The van der Waals surface area contributed by atoms with Gasteiger partial charge in [-0.15, -0.1) is 0 Å². The Morgan fingerprint density at radius 1 is 0.846 bits per heavy atom. The lowest BCUT2D eigenvalue weighted by molar-refractivity contribution is -0.142. The van der Waals surface area contributed by atoms with Crippen molar-refractivity contribution in [2.75, 3.05) is 6.54 Å². The summed E-state index contributed by atoms with van der Waals surface area (Å²) >= 11 is 0. The summed E-state index contributed by atoms with van der Waals surface area (Å²) in [7, 11) is 0. The second-order valence-corrected chi connectivity index (χ2v) is 19.4. The largest absolute Gasteiger partial charge is 0.370 e. The number of amides is 5. The molecule has 6 aliphatic rings. The molecule has 0 bridgehead atoms. The highest BCUT2D eigenvalue weighted by atomic mass is 16.2. The zero-order valence-electron chi connectivity index (χ0n) is 32.5. The number of fused-ring (bicyclic) bond motifs is 1. The lowest BCUT2D eigenvalue weighted by atomic mass is 9.66. The number of carbonyl (C=O) groups is 6. The molecule has 0 aromatic rings. The van der Waals surface area contributed by atoms with E-state index in [4.69, 9.17) is 5.73 Å². The molecule has 290 valence electrons. The highest BCUT2D eigenvalue weighted by Gasteiger charge is 2.72. The SMILES string of the molecule is CC1(C)CC[C@@H]2[C@@H](C(=O)NC(CC(N)=O)CC3CCC3)N(C(=O)[C@@H](NC(=O)NC3(CC4(C(C)(C)C)C(=O)C4=O)CCCCC3)C3CCCCC3)C[C@@H]21. The number of primary amides is 1. The van der Waals surface area contributed by atoms with Gasteiger partial charge in [-0.05, 0) is 85.9 Å². The molecule has 1 unspecified atom stereocenters. The Morgan fingerprint density at radius 3 is 2.04 bits per heavy atom. The number of nitrogens with two attached hydrogens (primary N) is 1. The molecule has 5 saturated carbocycles. The molecule has 11 nitrogen and oxygen atoms in total. The molecule has 52 heavy (non-hydrogen) atoms. The van der Waals surface area contributed by atoms with Crippen molar-refractivity contribution in [3.8, 4) is 0 Å². The van der Waals surface area contributed by atoms with Crippen LogP contribution >= 0.6 is 0 Å². The molecule has 5 N–H and O–H groups in total. The molecular weight excluding hydrogens is 658 g/mol. The Bertz CT molecular complexity index is 1400. The molecule has 0 aromatic heterocycles. The zero-order valence-corrected chi connectivity index (χ0v) is 32.5.